The Morgan fingerprint density at radius 2 is 2.40 bits per heavy atom. The summed E-state index contributed by atoms with van der Waals surface area (Å²) in [6.45, 7) is 3.03. The molecule has 0 heterocycles. The molecule has 0 spiro atoms. The van der Waals surface area contributed by atoms with Crippen molar-refractivity contribution in [3.63, 3.8) is 0 Å². The number of hydrogen-bond donors (Lipinski definition) is 0. The third-order valence-corrected chi connectivity index (χ3v) is 0.787. The lowest BCUT2D eigenvalue weighted by atomic mass is 10.3. The molecule has 0 aliphatic heterocycles. The molecule has 1 atom stereocenters. The van der Waals surface area contributed by atoms with Crippen LogP contribution in [0.5, 0.6) is 0 Å². The van der Waals surface area contributed by atoms with Crippen LogP contribution in [0, 0.1) is 11.3 Å². The Kier molecular flexibility index (Phi) is 3.97. The van der Waals surface area contributed by atoms with Crippen molar-refractivity contribution >= 4 is 5.97 Å². The topological polar surface area (TPSA) is 50.1 Å². The fraction of sp³-hybridized carbons (Fsp3) is 0.429. The number of hydrogen-bond acceptors (Lipinski definition) is 3. The number of allylic oxidation sites excluding steroid dienone is 1. The minimum absolute atomic E-state index is 0.440. The van der Waals surface area contributed by atoms with E-state index in [-0.39, 0.29) is 0 Å². The Morgan fingerprint density at radius 3 is 2.70 bits per heavy atom. The normalized spacial score (nSPS) is 12.5. The summed E-state index contributed by atoms with van der Waals surface area (Å²) in [5.74, 6) is -0.440. The van der Waals surface area contributed by atoms with Crippen LogP contribution in [0.4, 0.5) is 0 Å². The molecule has 0 aliphatic carbocycles. The minimum Gasteiger partial charge on any atom is -0.443 e. The molecule has 0 saturated carbocycles. The fourth-order valence-electron chi connectivity index (χ4n) is 0.462. The molecule has 0 unspecified atom stereocenters. The SMILES string of the molecule is C/C=C/[C@H](C#N)OC(C)=O. The van der Waals surface area contributed by atoms with E-state index in [1.165, 1.54) is 13.0 Å². The Labute approximate surface area is 59.9 Å². The Balaban J connectivity index is 3.87. The average Bonchev–Trinajstić information content (AvgIpc) is 1.86. The van der Waals surface area contributed by atoms with E-state index in [0.29, 0.717) is 0 Å². The van der Waals surface area contributed by atoms with Crippen LogP contribution in [-0.2, 0) is 9.53 Å². The monoisotopic (exact) mass is 139 g/mol. The maximum Gasteiger partial charge on any atom is 0.304 e. The van der Waals surface area contributed by atoms with Crippen molar-refractivity contribution < 1.29 is 9.53 Å². The smallest absolute Gasteiger partial charge is 0.304 e. The van der Waals surface area contributed by atoms with Crippen LogP contribution in [0.15, 0.2) is 12.2 Å². The van der Waals surface area contributed by atoms with Gasteiger partial charge in [-0.25, -0.2) is 0 Å². The highest BCUT2D eigenvalue weighted by Crippen LogP contribution is 1.92. The highest BCUT2D eigenvalue weighted by Gasteiger charge is 2.03. The third kappa shape index (κ3) is 3.67. The van der Waals surface area contributed by atoms with Gasteiger partial charge in [-0.1, -0.05) is 6.08 Å². The maximum atomic E-state index is 10.3. The molecule has 0 bridgehead atoms. The summed E-state index contributed by atoms with van der Waals surface area (Å²) in [4.78, 5) is 10.3. The van der Waals surface area contributed by atoms with Crippen LogP contribution in [0.1, 0.15) is 13.8 Å². The van der Waals surface area contributed by atoms with Gasteiger partial charge in [0.2, 0.25) is 6.10 Å². The van der Waals surface area contributed by atoms with Crippen LogP contribution < -0.4 is 0 Å². The molecule has 54 valence electrons. The van der Waals surface area contributed by atoms with Crippen LogP contribution in [0.2, 0.25) is 0 Å². The zero-order valence-corrected chi connectivity index (χ0v) is 6.00. The Morgan fingerprint density at radius 1 is 1.80 bits per heavy atom. The first-order chi connectivity index (χ1) is 4.70. The lowest BCUT2D eigenvalue weighted by Gasteiger charge is -2.01. The molecule has 0 aromatic heterocycles. The van der Waals surface area contributed by atoms with Gasteiger partial charge < -0.3 is 4.74 Å². The molecule has 0 aromatic carbocycles. The number of rotatable bonds is 2. The molecular formula is C7H9NO2. The van der Waals surface area contributed by atoms with Gasteiger partial charge >= 0.3 is 5.97 Å². The summed E-state index contributed by atoms with van der Waals surface area (Å²) < 4.78 is 4.55. The molecule has 0 amide bonds. The van der Waals surface area contributed by atoms with Gasteiger partial charge in [0.15, 0.2) is 0 Å². The first-order valence-electron chi connectivity index (χ1n) is 2.90. The largest absolute Gasteiger partial charge is 0.443 e. The highest BCUT2D eigenvalue weighted by molar-refractivity contribution is 5.66. The molecule has 0 rings (SSSR count). The molecular weight excluding hydrogens is 130 g/mol. The van der Waals surface area contributed by atoms with Crippen LogP contribution >= 0.6 is 0 Å². The molecule has 0 saturated heterocycles. The Hall–Kier alpha value is -1.30. The second kappa shape index (κ2) is 4.57. The zero-order chi connectivity index (χ0) is 7.98. The molecule has 3 nitrogen and oxygen atoms in total. The van der Waals surface area contributed by atoms with Gasteiger partial charge in [-0.15, -0.1) is 0 Å². The fourth-order valence-corrected chi connectivity index (χ4v) is 0.462. The van der Waals surface area contributed by atoms with E-state index in [0.717, 1.165) is 0 Å². The van der Waals surface area contributed by atoms with Crippen molar-refractivity contribution in [3.05, 3.63) is 12.2 Å². The molecule has 0 aliphatic rings. The number of ether oxygens (including phenoxy) is 1. The first-order valence-corrected chi connectivity index (χ1v) is 2.90. The molecule has 0 aromatic rings. The van der Waals surface area contributed by atoms with E-state index >= 15 is 0 Å². The lowest BCUT2D eigenvalue weighted by Crippen LogP contribution is -2.10. The van der Waals surface area contributed by atoms with Crippen LogP contribution in [0.3, 0.4) is 0 Å². The third-order valence-electron chi connectivity index (χ3n) is 0.787. The number of nitriles is 1. The van der Waals surface area contributed by atoms with Crippen LogP contribution in [0.25, 0.3) is 0 Å². The quantitative estimate of drug-likeness (QED) is 0.424. The van der Waals surface area contributed by atoms with Gasteiger partial charge in [0, 0.05) is 6.92 Å². The Bertz CT molecular complexity index is 179. The van der Waals surface area contributed by atoms with Gasteiger partial charge in [0.1, 0.15) is 6.07 Å². The zero-order valence-electron chi connectivity index (χ0n) is 6.00. The van der Waals surface area contributed by atoms with Gasteiger partial charge in [-0.05, 0) is 13.0 Å². The minimum atomic E-state index is -0.734. The van der Waals surface area contributed by atoms with Crippen molar-refractivity contribution in [3.8, 4) is 6.07 Å². The predicted octanol–water partition coefficient (Wildman–Crippen LogP) is 1.02. The van der Waals surface area contributed by atoms with E-state index in [4.69, 9.17) is 5.26 Å². The second-order valence-electron chi connectivity index (χ2n) is 1.68. The van der Waals surface area contributed by atoms with Gasteiger partial charge in [0.05, 0.1) is 0 Å². The summed E-state index contributed by atoms with van der Waals surface area (Å²) in [5.41, 5.74) is 0. The van der Waals surface area contributed by atoms with Crippen molar-refractivity contribution in [1.82, 2.24) is 0 Å². The molecule has 0 radical (unpaired) electrons. The predicted molar refractivity (Wildman–Crippen MR) is 36.0 cm³/mol. The van der Waals surface area contributed by atoms with E-state index in [1.807, 2.05) is 0 Å². The van der Waals surface area contributed by atoms with E-state index in [1.54, 1.807) is 19.1 Å². The lowest BCUT2D eigenvalue weighted by molar-refractivity contribution is -0.142. The molecule has 0 N–H and O–H groups in total. The first kappa shape index (κ1) is 8.70. The van der Waals surface area contributed by atoms with E-state index in [2.05, 4.69) is 4.74 Å². The van der Waals surface area contributed by atoms with Crippen molar-refractivity contribution in [2.24, 2.45) is 0 Å². The average molecular weight is 139 g/mol. The van der Waals surface area contributed by atoms with E-state index < -0.39 is 12.1 Å². The van der Waals surface area contributed by atoms with Crippen molar-refractivity contribution in [2.45, 2.75) is 20.0 Å². The molecule has 3 heteroatoms. The summed E-state index contributed by atoms with van der Waals surface area (Å²) in [6, 6.07) is 1.80. The van der Waals surface area contributed by atoms with Gasteiger partial charge in [0.25, 0.3) is 0 Å². The maximum absolute atomic E-state index is 10.3. The van der Waals surface area contributed by atoms with Crippen LogP contribution in [-0.4, -0.2) is 12.1 Å². The summed E-state index contributed by atoms with van der Waals surface area (Å²) in [6.07, 6.45) is 2.44. The summed E-state index contributed by atoms with van der Waals surface area (Å²) >= 11 is 0. The number of esters is 1. The van der Waals surface area contributed by atoms with Gasteiger partial charge in [-0.3, -0.25) is 4.79 Å². The van der Waals surface area contributed by atoms with Crippen molar-refractivity contribution in [2.75, 3.05) is 0 Å². The number of nitrogens with zero attached hydrogens (tertiary/aromatic N) is 1. The summed E-state index contributed by atoms with van der Waals surface area (Å²) in [7, 11) is 0. The number of carbonyl (C=O) groups is 1. The number of carbonyl (C=O) groups excluding carboxylic acids is 1. The summed E-state index contributed by atoms with van der Waals surface area (Å²) in [5, 5.41) is 8.33. The van der Waals surface area contributed by atoms with E-state index in [9.17, 15) is 4.79 Å². The second-order valence-corrected chi connectivity index (χ2v) is 1.68. The highest BCUT2D eigenvalue weighted by atomic mass is 16.5. The standard InChI is InChI=1S/C7H9NO2/c1-3-4-7(5-8)10-6(2)9/h3-4,7H,1-2H3/b4-3+/t7-/m1/s1. The van der Waals surface area contributed by atoms with Crippen molar-refractivity contribution in [1.29, 1.82) is 5.26 Å². The van der Waals surface area contributed by atoms with Gasteiger partial charge in [-0.2, -0.15) is 5.26 Å². The molecule has 0 fully saturated rings. The molecule has 10 heavy (non-hydrogen) atoms.